The Morgan fingerprint density at radius 1 is 1.36 bits per heavy atom. The van der Waals surface area contributed by atoms with E-state index in [0.29, 0.717) is 22.8 Å². The van der Waals surface area contributed by atoms with Crippen molar-refractivity contribution < 1.29 is 13.9 Å². The van der Waals surface area contributed by atoms with Gasteiger partial charge in [0.1, 0.15) is 5.82 Å². The van der Waals surface area contributed by atoms with Crippen molar-refractivity contribution in [3.63, 3.8) is 0 Å². The Hall–Kier alpha value is -3.22. The number of ether oxygens (including phenoxy) is 1. The molecule has 3 aromatic rings. The first-order valence-corrected chi connectivity index (χ1v) is 7.78. The van der Waals surface area contributed by atoms with E-state index in [4.69, 9.17) is 4.74 Å². The second-order valence-corrected chi connectivity index (χ2v) is 5.78. The van der Waals surface area contributed by atoms with Crippen molar-refractivity contribution in [1.82, 2.24) is 14.5 Å². The van der Waals surface area contributed by atoms with E-state index in [1.54, 1.807) is 18.5 Å². The number of carbonyl (C=O) groups is 1. The molecule has 1 unspecified atom stereocenters. The number of hydrogen-bond donors (Lipinski definition) is 1. The Morgan fingerprint density at radius 2 is 2.20 bits per heavy atom. The van der Waals surface area contributed by atoms with Gasteiger partial charge in [-0.05, 0) is 37.3 Å². The van der Waals surface area contributed by atoms with Crippen LogP contribution in [-0.2, 0) is 9.53 Å². The standard InChI is InChI=1S/C18H15FN4O2/c1-10-9-21-17-18(25-11(2)24)22-16(14-4-3-7-20-14)13-8-12(19)5-6-15(13)23(10)17/h3-9,18,20H,1-2H3. The number of hydrogen-bond acceptors (Lipinski definition) is 4. The summed E-state index contributed by atoms with van der Waals surface area (Å²) >= 11 is 0. The molecular weight excluding hydrogens is 323 g/mol. The highest BCUT2D eigenvalue weighted by molar-refractivity contribution is 6.14. The molecule has 0 radical (unpaired) electrons. The molecule has 7 heteroatoms. The number of halogens is 1. The van der Waals surface area contributed by atoms with Gasteiger partial charge >= 0.3 is 5.97 Å². The van der Waals surface area contributed by atoms with E-state index in [2.05, 4.69) is 15.0 Å². The van der Waals surface area contributed by atoms with Crippen LogP contribution in [0.3, 0.4) is 0 Å². The topological polar surface area (TPSA) is 72.3 Å². The molecule has 1 aromatic carbocycles. The number of aryl methyl sites for hydroxylation is 1. The van der Waals surface area contributed by atoms with E-state index in [-0.39, 0.29) is 5.82 Å². The molecule has 0 saturated heterocycles. The molecule has 6 nitrogen and oxygen atoms in total. The molecule has 1 atom stereocenters. The fourth-order valence-corrected chi connectivity index (χ4v) is 3.01. The molecular formula is C18H15FN4O2. The average molecular weight is 338 g/mol. The summed E-state index contributed by atoms with van der Waals surface area (Å²) in [5.74, 6) is -0.366. The van der Waals surface area contributed by atoms with Gasteiger partial charge in [0.2, 0.25) is 0 Å². The highest BCUT2D eigenvalue weighted by Crippen LogP contribution is 2.32. The molecule has 3 heterocycles. The number of imidazole rings is 1. The van der Waals surface area contributed by atoms with Crippen molar-refractivity contribution in [3.05, 3.63) is 71.3 Å². The van der Waals surface area contributed by atoms with Crippen molar-refractivity contribution in [2.75, 3.05) is 0 Å². The number of carbonyl (C=O) groups excluding carboxylic acids is 1. The molecule has 0 bridgehead atoms. The molecule has 1 aliphatic heterocycles. The molecule has 25 heavy (non-hydrogen) atoms. The predicted octanol–water partition coefficient (Wildman–Crippen LogP) is 3.06. The smallest absolute Gasteiger partial charge is 0.304 e. The van der Waals surface area contributed by atoms with Crippen LogP contribution in [0.4, 0.5) is 4.39 Å². The Bertz CT molecular complexity index is 989. The van der Waals surface area contributed by atoms with Gasteiger partial charge < -0.3 is 9.72 Å². The van der Waals surface area contributed by atoms with Crippen molar-refractivity contribution in [2.24, 2.45) is 4.99 Å². The highest BCUT2D eigenvalue weighted by Gasteiger charge is 2.29. The summed E-state index contributed by atoms with van der Waals surface area (Å²) in [4.78, 5) is 23.6. The molecule has 0 aliphatic carbocycles. The van der Waals surface area contributed by atoms with Gasteiger partial charge in [-0.25, -0.2) is 14.4 Å². The summed E-state index contributed by atoms with van der Waals surface area (Å²) in [5.41, 5.74) is 3.37. The Morgan fingerprint density at radius 3 is 2.92 bits per heavy atom. The van der Waals surface area contributed by atoms with Gasteiger partial charge in [0.25, 0.3) is 6.23 Å². The van der Waals surface area contributed by atoms with Gasteiger partial charge in [-0.1, -0.05) is 0 Å². The molecule has 0 amide bonds. The van der Waals surface area contributed by atoms with E-state index < -0.39 is 12.2 Å². The number of benzene rings is 1. The predicted molar refractivity (Wildman–Crippen MR) is 89.2 cm³/mol. The normalized spacial score (nSPS) is 15.8. The van der Waals surface area contributed by atoms with Crippen LogP contribution in [0, 0.1) is 12.7 Å². The number of aromatic amines is 1. The maximum atomic E-state index is 14.0. The van der Waals surface area contributed by atoms with Gasteiger partial charge in [-0.2, -0.15) is 0 Å². The van der Waals surface area contributed by atoms with Crippen LogP contribution in [0.5, 0.6) is 0 Å². The summed E-state index contributed by atoms with van der Waals surface area (Å²) in [6, 6.07) is 8.15. The summed E-state index contributed by atoms with van der Waals surface area (Å²) in [6.07, 6.45) is 2.51. The average Bonchev–Trinajstić information content (AvgIpc) is 3.19. The maximum Gasteiger partial charge on any atom is 0.304 e. The SMILES string of the molecule is CC(=O)OC1N=C(c2ccc[nH]2)c2cc(F)ccc2-n2c(C)cnc21. The molecule has 2 aromatic heterocycles. The minimum absolute atomic E-state index is 0.372. The molecule has 0 fully saturated rings. The molecule has 0 saturated carbocycles. The second-order valence-electron chi connectivity index (χ2n) is 5.78. The quantitative estimate of drug-likeness (QED) is 0.730. The molecule has 1 N–H and O–H groups in total. The lowest BCUT2D eigenvalue weighted by molar-refractivity contribution is -0.146. The molecule has 1 aliphatic rings. The lowest BCUT2D eigenvalue weighted by Gasteiger charge is -2.13. The Balaban J connectivity index is 2.04. The fourth-order valence-electron chi connectivity index (χ4n) is 3.01. The van der Waals surface area contributed by atoms with Crippen LogP contribution in [0.15, 0.2) is 47.7 Å². The first-order valence-electron chi connectivity index (χ1n) is 7.78. The zero-order chi connectivity index (χ0) is 17.6. The van der Waals surface area contributed by atoms with Crippen LogP contribution >= 0.6 is 0 Å². The highest BCUT2D eigenvalue weighted by atomic mass is 19.1. The lowest BCUT2D eigenvalue weighted by atomic mass is 10.0. The first-order chi connectivity index (χ1) is 12.0. The van der Waals surface area contributed by atoms with E-state index >= 15 is 0 Å². The number of nitrogens with zero attached hydrogens (tertiary/aromatic N) is 3. The van der Waals surface area contributed by atoms with E-state index in [1.807, 2.05) is 23.6 Å². The van der Waals surface area contributed by atoms with Crippen LogP contribution in [0.2, 0.25) is 0 Å². The summed E-state index contributed by atoms with van der Waals surface area (Å²) in [6.45, 7) is 3.20. The monoisotopic (exact) mass is 338 g/mol. The van der Waals surface area contributed by atoms with E-state index in [1.165, 1.54) is 19.1 Å². The number of rotatable bonds is 2. The number of aromatic nitrogens is 3. The van der Waals surface area contributed by atoms with Gasteiger partial charge in [0.15, 0.2) is 5.82 Å². The third-order valence-electron chi connectivity index (χ3n) is 4.02. The van der Waals surface area contributed by atoms with Gasteiger partial charge in [-0.3, -0.25) is 9.36 Å². The number of aliphatic imine (C=N–C) groups is 1. The molecule has 0 spiro atoms. The van der Waals surface area contributed by atoms with Crippen molar-refractivity contribution in [3.8, 4) is 5.69 Å². The van der Waals surface area contributed by atoms with Crippen molar-refractivity contribution >= 4 is 11.7 Å². The molecule has 4 rings (SSSR count). The van der Waals surface area contributed by atoms with Crippen LogP contribution in [0.25, 0.3) is 5.69 Å². The van der Waals surface area contributed by atoms with Gasteiger partial charge in [0.05, 0.1) is 17.1 Å². The Kier molecular flexibility index (Phi) is 3.49. The largest absolute Gasteiger partial charge is 0.432 e. The van der Waals surface area contributed by atoms with E-state index in [9.17, 15) is 9.18 Å². The van der Waals surface area contributed by atoms with Crippen LogP contribution < -0.4 is 0 Å². The number of esters is 1. The van der Waals surface area contributed by atoms with E-state index in [0.717, 1.165) is 11.4 Å². The van der Waals surface area contributed by atoms with Crippen LogP contribution in [-0.4, -0.2) is 26.2 Å². The number of H-pyrrole nitrogens is 1. The van der Waals surface area contributed by atoms with Crippen molar-refractivity contribution in [1.29, 1.82) is 0 Å². The maximum absolute atomic E-state index is 14.0. The second kappa shape index (κ2) is 5.70. The third-order valence-corrected chi connectivity index (χ3v) is 4.02. The summed E-state index contributed by atoms with van der Waals surface area (Å²) in [5, 5.41) is 0. The van der Waals surface area contributed by atoms with Crippen LogP contribution in [0.1, 0.15) is 35.9 Å². The molecule has 126 valence electrons. The lowest BCUT2D eigenvalue weighted by Crippen LogP contribution is -2.12. The third kappa shape index (κ3) is 2.53. The number of nitrogens with one attached hydrogen (secondary N) is 1. The first kappa shape index (κ1) is 15.3. The minimum atomic E-state index is -0.917. The zero-order valence-corrected chi connectivity index (χ0v) is 13.7. The number of fused-ring (bicyclic) bond motifs is 3. The Labute approximate surface area is 143 Å². The fraction of sp³-hybridized carbons (Fsp3) is 0.167. The minimum Gasteiger partial charge on any atom is -0.432 e. The summed E-state index contributed by atoms with van der Waals surface area (Å²) in [7, 11) is 0. The van der Waals surface area contributed by atoms with Crippen molar-refractivity contribution in [2.45, 2.75) is 20.1 Å². The summed E-state index contributed by atoms with van der Waals surface area (Å²) < 4.78 is 21.2. The van der Waals surface area contributed by atoms with Gasteiger partial charge in [0, 0.05) is 30.6 Å². The van der Waals surface area contributed by atoms with Gasteiger partial charge in [-0.15, -0.1) is 0 Å². The zero-order valence-electron chi connectivity index (χ0n) is 13.7.